The van der Waals surface area contributed by atoms with E-state index in [0.29, 0.717) is 13.0 Å². The van der Waals surface area contributed by atoms with E-state index in [1.165, 1.54) is 0 Å². The largest absolute Gasteiger partial charge is 0.380 e. The number of carbonyl (C=O) groups excluding carboxylic acids is 2. The Morgan fingerprint density at radius 3 is 3.06 bits per heavy atom. The molecule has 2 heterocycles. The predicted molar refractivity (Wildman–Crippen MR) is 67.0 cm³/mol. The number of amides is 2. The van der Waals surface area contributed by atoms with Gasteiger partial charge in [0.2, 0.25) is 5.91 Å². The lowest BCUT2D eigenvalue weighted by atomic mass is 10.1. The molecule has 1 atom stereocenters. The molecular formula is C12H16N4O2. The Hall–Kier alpha value is -2.11. The highest BCUT2D eigenvalue weighted by atomic mass is 16.2. The first-order valence-corrected chi connectivity index (χ1v) is 5.82. The highest BCUT2D eigenvalue weighted by Crippen LogP contribution is 2.16. The van der Waals surface area contributed by atoms with E-state index in [2.05, 4.69) is 10.3 Å². The molecule has 96 valence electrons. The first-order valence-electron chi connectivity index (χ1n) is 5.82. The molecule has 1 aromatic rings. The van der Waals surface area contributed by atoms with Crippen LogP contribution in [0.15, 0.2) is 18.3 Å². The van der Waals surface area contributed by atoms with Gasteiger partial charge < -0.3 is 16.0 Å². The number of nitrogens with one attached hydrogen (secondary N) is 1. The standard InChI is InChI=1S/C12H16N4O2/c1-16-7-9(2-3-11(16)17)15-8-4-5-14-10(6-8)12(13)18/h4-6,9H,2-3,7H2,1H3,(H2,13,18)(H,14,15). The molecule has 0 radical (unpaired) electrons. The molecule has 1 unspecified atom stereocenters. The van der Waals surface area contributed by atoms with E-state index in [0.717, 1.165) is 12.1 Å². The topological polar surface area (TPSA) is 88.3 Å². The van der Waals surface area contributed by atoms with Crippen LogP contribution >= 0.6 is 0 Å². The molecule has 0 bridgehead atoms. The molecule has 0 aromatic carbocycles. The van der Waals surface area contributed by atoms with E-state index in [1.54, 1.807) is 30.3 Å². The molecule has 2 amide bonds. The van der Waals surface area contributed by atoms with Gasteiger partial charge in [-0.1, -0.05) is 0 Å². The van der Waals surface area contributed by atoms with Crippen LogP contribution < -0.4 is 11.1 Å². The van der Waals surface area contributed by atoms with Crippen molar-refractivity contribution in [1.82, 2.24) is 9.88 Å². The molecule has 0 saturated carbocycles. The fourth-order valence-corrected chi connectivity index (χ4v) is 2.02. The Balaban J connectivity index is 2.03. The summed E-state index contributed by atoms with van der Waals surface area (Å²) in [4.78, 5) is 28.0. The Morgan fingerprint density at radius 1 is 1.61 bits per heavy atom. The van der Waals surface area contributed by atoms with Gasteiger partial charge in [0.15, 0.2) is 0 Å². The number of hydrogen-bond acceptors (Lipinski definition) is 4. The number of pyridine rings is 1. The number of aromatic nitrogens is 1. The second kappa shape index (κ2) is 5.03. The van der Waals surface area contributed by atoms with E-state index < -0.39 is 5.91 Å². The highest BCUT2D eigenvalue weighted by Gasteiger charge is 2.22. The molecule has 6 heteroatoms. The zero-order chi connectivity index (χ0) is 13.1. The maximum atomic E-state index is 11.4. The van der Waals surface area contributed by atoms with Crippen LogP contribution in [0.25, 0.3) is 0 Å². The van der Waals surface area contributed by atoms with Crippen molar-refractivity contribution in [3.63, 3.8) is 0 Å². The third-order valence-corrected chi connectivity index (χ3v) is 3.01. The van der Waals surface area contributed by atoms with Gasteiger partial charge in [0, 0.05) is 37.9 Å². The SMILES string of the molecule is CN1CC(Nc2ccnc(C(N)=O)c2)CCC1=O. The van der Waals surface area contributed by atoms with Crippen LogP contribution in [-0.2, 0) is 4.79 Å². The van der Waals surface area contributed by atoms with Crippen LogP contribution in [0.5, 0.6) is 0 Å². The van der Waals surface area contributed by atoms with Crippen molar-refractivity contribution in [2.75, 3.05) is 18.9 Å². The van der Waals surface area contributed by atoms with Gasteiger partial charge in [0.1, 0.15) is 5.69 Å². The molecule has 1 aliphatic rings. The van der Waals surface area contributed by atoms with Gasteiger partial charge in [-0.25, -0.2) is 0 Å². The molecular weight excluding hydrogens is 232 g/mol. The van der Waals surface area contributed by atoms with Crippen LogP contribution in [-0.4, -0.2) is 41.3 Å². The Bertz CT molecular complexity index is 475. The van der Waals surface area contributed by atoms with Crippen molar-refractivity contribution in [2.45, 2.75) is 18.9 Å². The number of primary amides is 1. The normalized spacial score (nSPS) is 19.7. The maximum absolute atomic E-state index is 11.4. The molecule has 1 saturated heterocycles. The van der Waals surface area contributed by atoms with Crippen LogP contribution in [0.4, 0.5) is 5.69 Å². The lowest BCUT2D eigenvalue weighted by Crippen LogP contribution is -2.43. The van der Waals surface area contributed by atoms with Crippen LogP contribution in [0, 0.1) is 0 Å². The third kappa shape index (κ3) is 2.77. The molecule has 0 aliphatic carbocycles. The van der Waals surface area contributed by atoms with E-state index >= 15 is 0 Å². The summed E-state index contributed by atoms with van der Waals surface area (Å²) >= 11 is 0. The van der Waals surface area contributed by atoms with Crippen molar-refractivity contribution in [3.8, 4) is 0 Å². The fraction of sp³-hybridized carbons (Fsp3) is 0.417. The summed E-state index contributed by atoms with van der Waals surface area (Å²) in [5.41, 5.74) is 6.21. The number of nitrogens with two attached hydrogens (primary N) is 1. The van der Waals surface area contributed by atoms with E-state index in [1.807, 2.05) is 0 Å². The summed E-state index contributed by atoms with van der Waals surface area (Å²) in [6.45, 7) is 0.660. The van der Waals surface area contributed by atoms with E-state index in [4.69, 9.17) is 5.73 Å². The molecule has 0 spiro atoms. The van der Waals surface area contributed by atoms with Gasteiger partial charge >= 0.3 is 0 Å². The number of anilines is 1. The zero-order valence-corrected chi connectivity index (χ0v) is 10.2. The highest BCUT2D eigenvalue weighted by molar-refractivity contribution is 5.91. The predicted octanol–water partition coefficient (Wildman–Crippen LogP) is 0.213. The smallest absolute Gasteiger partial charge is 0.267 e. The van der Waals surface area contributed by atoms with Crippen LogP contribution in [0.3, 0.4) is 0 Å². The second-order valence-electron chi connectivity index (χ2n) is 4.45. The number of piperidine rings is 1. The minimum absolute atomic E-state index is 0.167. The lowest BCUT2D eigenvalue weighted by Gasteiger charge is -2.30. The summed E-state index contributed by atoms with van der Waals surface area (Å²) in [5.74, 6) is -0.379. The second-order valence-corrected chi connectivity index (χ2v) is 4.45. The van der Waals surface area contributed by atoms with E-state index in [9.17, 15) is 9.59 Å². The minimum Gasteiger partial charge on any atom is -0.380 e. The van der Waals surface area contributed by atoms with Gasteiger partial charge in [-0.3, -0.25) is 14.6 Å². The molecule has 18 heavy (non-hydrogen) atoms. The quantitative estimate of drug-likeness (QED) is 0.800. The lowest BCUT2D eigenvalue weighted by molar-refractivity contribution is -0.132. The Morgan fingerprint density at radius 2 is 2.39 bits per heavy atom. The summed E-state index contributed by atoms with van der Waals surface area (Å²) < 4.78 is 0. The summed E-state index contributed by atoms with van der Waals surface area (Å²) in [5, 5.41) is 3.29. The van der Waals surface area contributed by atoms with E-state index in [-0.39, 0.29) is 17.6 Å². The maximum Gasteiger partial charge on any atom is 0.267 e. The first-order chi connectivity index (χ1) is 8.56. The average molecular weight is 248 g/mol. The molecule has 1 aliphatic heterocycles. The number of likely N-dealkylation sites (N-methyl/N-ethyl adjacent to an activating group) is 1. The number of likely N-dealkylation sites (tertiary alicyclic amines) is 1. The van der Waals surface area contributed by atoms with Crippen LogP contribution in [0.1, 0.15) is 23.3 Å². The van der Waals surface area contributed by atoms with Crippen molar-refractivity contribution in [1.29, 1.82) is 0 Å². The van der Waals surface area contributed by atoms with Crippen molar-refractivity contribution in [2.24, 2.45) is 5.73 Å². The van der Waals surface area contributed by atoms with Gasteiger partial charge in [-0.15, -0.1) is 0 Å². The minimum atomic E-state index is -0.547. The molecule has 1 fully saturated rings. The zero-order valence-electron chi connectivity index (χ0n) is 10.2. The van der Waals surface area contributed by atoms with Gasteiger partial charge in [-0.2, -0.15) is 0 Å². The first kappa shape index (κ1) is 12.3. The fourth-order valence-electron chi connectivity index (χ4n) is 2.02. The molecule has 6 nitrogen and oxygen atoms in total. The third-order valence-electron chi connectivity index (χ3n) is 3.01. The van der Waals surface area contributed by atoms with Crippen LogP contribution in [0.2, 0.25) is 0 Å². The Labute approximate surface area is 105 Å². The monoisotopic (exact) mass is 248 g/mol. The molecule has 2 rings (SSSR count). The summed E-state index contributed by atoms with van der Waals surface area (Å²) in [7, 11) is 1.79. The van der Waals surface area contributed by atoms with Crippen molar-refractivity contribution < 1.29 is 9.59 Å². The molecule has 3 N–H and O–H groups in total. The summed E-state index contributed by atoms with van der Waals surface area (Å²) in [6.07, 6.45) is 2.87. The number of rotatable bonds is 3. The number of carbonyl (C=O) groups is 2. The number of hydrogen-bond donors (Lipinski definition) is 2. The van der Waals surface area contributed by atoms with Gasteiger partial charge in [0.25, 0.3) is 5.91 Å². The average Bonchev–Trinajstić information content (AvgIpc) is 2.34. The van der Waals surface area contributed by atoms with Gasteiger partial charge in [-0.05, 0) is 18.6 Å². The van der Waals surface area contributed by atoms with Crippen molar-refractivity contribution in [3.05, 3.63) is 24.0 Å². The Kier molecular flexibility index (Phi) is 3.45. The number of nitrogens with zero attached hydrogens (tertiary/aromatic N) is 2. The molecule has 1 aromatic heterocycles. The van der Waals surface area contributed by atoms with Gasteiger partial charge in [0.05, 0.1) is 0 Å². The van der Waals surface area contributed by atoms with Crippen molar-refractivity contribution >= 4 is 17.5 Å². The summed E-state index contributed by atoms with van der Waals surface area (Å²) in [6, 6.07) is 3.59.